The Kier molecular flexibility index (Phi) is 4.59. The summed E-state index contributed by atoms with van der Waals surface area (Å²) in [5.74, 6) is 1.32. The van der Waals surface area contributed by atoms with E-state index in [-0.39, 0.29) is 0 Å². The van der Waals surface area contributed by atoms with Gasteiger partial charge in [0.1, 0.15) is 0 Å². The van der Waals surface area contributed by atoms with Crippen molar-refractivity contribution in [2.75, 3.05) is 20.1 Å². The predicted octanol–water partition coefficient (Wildman–Crippen LogP) is 3.55. The molecule has 1 atom stereocenters. The van der Waals surface area contributed by atoms with Crippen LogP contribution in [0.4, 0.5) is 0 Å². The van der Waals surface area contributed by atoms with Crippen LogP contribution in [0.15, 0.2) is 29.4 Å². The fraction of sp³-hybridized carbons (Fsp3) is 0.611. The molecule has 3 nitrogen and oxygen atoms in total. The predicted molar refractivity (Wildman–Crippen MR) is 86.0 cm³/mol. The van der Waals surface area contributed by atoms with Crippen LogP contribution in [0.2, 0.25) is 0 Å². The molecule has 1 fully saturated rings. The van der Waals surface area contributed by atoms with Crippen LogP contribution < -0.4 is 0 Å². The van der Waals surface area contributed by atoms with E-state index in [1.54, 1.807) is 0 Å². The largest absolute Gasteiger partial charge is 0.411 e. The lowest BCUT2D eigenvalue weighted by atomic mass is 9.80. The summed E-state index contributed by atoms with van der Waals surface area (Å²) in [7, 11) is 2.23. The summed E-state index contributed by atoms with van der Waals surface area (Å²) >= 11 is 0. The molecule has 0 amide bonds. The van der Waals surface area contributed by atoms with Gasteiger partial charge in [-0.2, -0.15) is 0 Å². The number of nitrogens with zero attached hydrogens (tertiary/aromatic N) is 2. The lowest BCUT2D eigenvalue weighted by Gasteiger charge is -2.32. The van der Waals surface area contributed by atoms with Crippen LogP contribution in [-0.2, 0) is 6.42 Å². The Labute approximate surface area is 127 Å². The van der Waals surface area contributed by atoms with Gasteiger partial charge in [-0.05, 0) is 57.2 Å². The van der Waals surface area contributed by atoms with Gasteiger partial charge in [0, 0.05) is 18.0 Å². The van der Waals surface area contributed by atoms with Crippen molar-refractivity contribution in [2.24, 2.45) is 17.0 Å². The maximum absolute atomic E-state index is 9.44. The highest BCUT2D eigenvalue weighted by Crippen LogP contribution is 2.29. The molecule has 0 radical (unpaired) electrons. The maximum atomic E-state index is 9.44. The molecule has 1 saturated carbocycles. The second-order valence-electron chi connectivity index (χ2n) is 6.73. The van der Waals surface area contributed by atoms with Crippen LogP contribution in [0.5, 0.6) is 0 Å². The first-order valence-electron chi connectivity index (χ1n) is 8.26. The molecular weight excluding hydrogens is 260 g/mol. The maximum Gasteiger partial charge on any atom is 0.0901 e. The van der Waals surface area contributed by atoms with Gasteiger partial charge in [0.25, 0.3) is 0 Å². The third-order valence-electron chi connectivity index (χ3n) is 5.20. The van der Waals surface area contributed by atoms with E-state index in [1.165, 1.54) is 31.4 Å². The van der Waals surface area contributed by atoms with Gasteiger partial charge in [-0.25, -0.2) is 0 Å². The van der Waals surface area contributed by atoms with Crippen molar-refractivity contribution >= 4 is 5.71 Å². The Bertz CT molecular complexity index is 508. The van der Waals surface area contributed by atoms with E-state index in [2.05, 4.69) is 35.3 Å². The molecule has 114 valence electrons. The fourth-order valence-corrected chi connectivity index (χ4v) is 3.67. The van der Waals surface area contributed by atoms with Crippen LogP contribution in [-0.4, -0.2) is 36.0 Å². The molecule has 1 aromatic rings. The van der Waals surface area contributed by atoms with E-state index < -0.39 is 0 Å². The average Bonchev–Trinajstić information content (AvgIpc) is 2.48. The Morgan fingerprint density at radius 1 is 1.24 bits per heavy atom. The first-order valence-corrected chi connectivity index (χ1v) is 8.26. The van der Waals surface area contributed by atoms with Crippen molar-refractivity contribution in [1.82, 2.24) is 4.90 Å². The van der Waals surface area contributed by atoms with E-state index in [1.807, 2.05) is 6.07 Å². The SMILES string of the molecule is CN(CCC1CCc2ccccc2C1=NO)CC1CCC1. The Morgan fingerprint density at radius 3 is 2.76 bits per heavy atom. The number of fused-ring (bicyclic) bond motifs is 1. The number of hydrogen-bond acceptors (Lipinski definition) is 3. The average molecular weight is 286 g/mol. The molecule has 1 unspecified atom stereocenters. The van der Waals surface area contributed by atoms with E-state index in [4.69, 9.17) is 0 Å². The van der Waals surface area contributed by atoms with Gasteiger partial charge >= 0.3 is 0 Å². The van der Waals surface area contributed by atoms with Crippen molar-refractivity contribution in [3.8, 4) is 0 Å². The molecular formula is C18H26N2O. The number of rotatable bonds is 5. The second-order valence-corrected chi connectivity index (χ2v) is 6.73. The quantitative estimate of drug-likeness (QED) is 0.664. The zero-order valence-corrected chi connectivity index (χ0v) is 13.0. The Morgan fingerprint density at radius 2 is 2.05 bits per heavy atom. The van der Waals surface area contributed by atoms with Gasteiger partial charge in [-0.1, -0.05) is 35.8 Å². The molecule has 0 aromatic heterocycles. The molecule has 0 saturated heterocycles. The normalized spacial score (nSPS) is 24.1. The fourth-order valence-electron chi connectivity index (χ4n) is 3.67. The molecule has 0 heterocycles. The zero-order valence-electron chi connectivity index (χ0n) is 13.0. The van der Waals surface area contributed by atoms with Crippen molar-refractivity contribution < 1.29 is 5.21 Å². The van der Waals surface area contributed by atoms with E-state index >= 15 is 0 Å². The molecule has 1 aromatic carbocycles. The smallest absolute Gasteiger partial charge is 0.0901 e. The summed E-state index contributed by atoms with van der Waals surface area (Å²) in [4.78, 5) is 2.46. The highest BCUT2D eigenvalue weighted by molar-refractivity contribution is 6.03. The van der Waals surface area contributed by atoms with Crippen molar-refractivity contribution in [3.05, 3.63) is 35.4 Å². The third-order valence-corrected chi connectivity index (χ3v) is 5.20. The summed E-state index contributed by atoms with van der Waals surface area (Å²) in [6.07, 6.45) is 7.53. The van der Waals surface area contributed by atoms with Gasteiger partial charge in [0.05, 0.1) is 5.71 Å². The summed E-state index contributed by atoms with van der Waals surface area (Å²) in [5.41, 5.74) is 3.37. The van der Waals surface area contributed by atoms with Gasteiger partial charge in [-0.15, -0.1) is 0 Å². The molecule has 0 spiro atoms. The minimum atomic E-state index is 0.397. The Balaban J connectivity index is 1.58. The summed E-state index contributed by atoms with van der Waals surface area (Å²) in [6, 6.07) is 8.35. The number of aryl methyl sites for hydroxylation is 1. The number of benzene rings is 1. The summed E-state index contributed by atoms with van der Waals surface area (Å²) < 4.78 is 0. The van der Waals surface area contributed by atoms with E-state index in [0.29, 0.717) is 5.92 Å². The first-order chi connectivity index (χ1) is 10.3. The van der Waals surface area contributed by atoms with Gasteiger partial charge < -0.3 is 10.1 Å². The first kappa shape index (κ1) is 14.6. The van der Waals surface area contributed by atoms with E-state index in [9.17, 15) is 5.21 Å². The monoisotopic (exact) mass is 286 g/mol. The Hall–Kier alpha value is -1.35. The van der Waals surface area contributed by atoms with Crippen molar-refractivity contribution in [1.29, 1.82) is 0 Å². The number of oxime groups is 1. The topological polar surface area (TPSA) is 35.8 Å². The third kappa shape index (κ3) is 3.29. The standard InChI is InChI=1S/C18H26N2O/c1-20(13-14-5-4-6-14)12-11-16-10-9-15-7-2-3-8-17(15)18(16)19-21/h2-3,7-8,14,16,21H,4-6,9-13H2,1H3. The molecule has 0 aliphatic heterocycles. The zero-order chi connectivity index (χ0) is 14.7. The van der Waals surface area contributed by atoms with Gasteiger partial charge in [0.15, 0.2) is 0 Å². The van der Waals surface area contributed by atoms with Gasteiger partial charge in [-0.3, -0.25) is 0 Å². The second kappa shape index (κ2) is 6.61. The van der Waals surface area contributed by atoms with E-state index in [0.717, 1.165) is 43.0 Å². The lowest BCUT2D eigenvalue weighted by molar-refractivity contribution is 0.199. The van der Waals surface area contributed by atoms with Gasteiger partial charge in [0.2, 0.25) is 0 Å². The molecule has 3 heteroatoms. The van der Waals surface area contributed by atoms with Crippen LogP contribution in [0.25, 0.3) is 0 Å². The summed E-state index contributed by atoms with van der Waals surface area (Å²) in [5, 5.41) is 13.1. The van der Waals surface area contributed by atoms with Crippen molar-refractivity contribution in [3.63, 3.8) is 0 Å². The molecule has 2 aliphatic carbocycles. The van der Waals surface area contributed by atoms with Crippen LogP contribution in [0, 0.1) is 11.8 Å². The highest BCUT2D eigenvalue weighted by Gasteiger charge is 2.26. The molecule has 3 rings (SSSR count). The summed E-state index contributed by atoms with van der Waals surface area (Å²) in [6.45, 7) is 2.33. The lowest BCUT2D eigenvalue weighted by Crippen LogP contribution is -2.33. The van der Waals surface area contributed by atoms with Crippen LogP contribution >= 0.6 is 0 Å². The highest BCUT2D eigenvalue weighted by atomic mass is 16.4. The molecule has 0 bridgehead atoms. The number of hydrogen-bond donors (Lipinski definition) is 1. The van der Waals surface area contributed by atoms with Crippen LogP contribution in [0.3, 0.4) is 0 Å². The molecule has 1 N–H and O–H groups in total. The molecule has 21 heavy (non-hydrogen) atoms. The minimum Gasteiger partial charge on any atom is -0.411 e. The molecule has 2 aliphatic rings. The van der Waals surface area contributed by atoms with Crippen molar-refractivity contribution in [2.45, 2.75) is 38.5 Å². The minimum absolute atomic E-state index is 0.397. The van der Waals surface area contributed by atoms with Crippen LogP contribution in [0.1, 0.15) is 43.2 Å².